The van der Waals surface area contributed by atoms with Crippen molar-refractivity contribution in [2.75, 3.05) is 14.2 Å². The Hall–Kier alpha value is -1.78. The summed E-state index contributed by atoms with van der Waals surface area (Å²) in [5.41, 5.74) is 1.02. The highest BCUT2D eigenvalue weighted by molar-refractivity contribution is 5.79. The third kappa shape index (κ3) is 6.47. The van der Waals surface area contributed by atoms with Crippen molar-refractivity contribution < 1.29 is 4.74 Å². The zero-order chi connectivity index (χ0) is 15.5. The molecule has 0 aromatic carbocycles. The van der Waals surface area contributed by atoms with Crippen LogP contribution in [0.3, 0.4) is 0 Å². The van der Waals surface area contributed by atoms with Gasteiger partial charge in [-0.1, -0.05) is 32.3 Å². The van der Waals surface area contributed by atoms with E-state index in [2.05, 4.69) is 34.5 Å². The number of hydrogen-bond donors (Lipinski definition) is 2. The van der Waals surface area contributed by atoms with E-state index in [4.69, 9.17) is 4.74 Å². The van der Waals surface area contributed by atoms with E-state index < -0.39 is 0 Å². The molecule has 2 N–H and O–H groups in total. The molecule has 1 unspecified atom stereocenters. The lowest BCUT2D eigenvalue weighted by Crippen LogP contribution is -2.41. The van der Waals surface area contributed by atoms with Crippen LogP contribution in [0.5, 0.6) is 5.88 Å². The van der Waals surface area contributed by atoms with Crippen molar-refractivity contribution in [3.05, 3.63) is 23.9 Å². The summed E-state index contributed by atoms with van der Waals surface area (Å²) in [6, 6.07) is 4.32. The summed E-state index contributed by atoms with van der Waals surface area (Å²) in [7, 11) is 3.42. The molecule has 0 spiro atoms. The van der Waals surface area contributed by atoms with Crippen LogP contribution in [0.2, 0.25) is 0 Å². The average molecular weight is 292 g/mol. The Kier molecular flexibility index (Phi) is 8.24. The van der Waals surface area contributed by atoms with Gasteiger partial charge >= 0.3 is 0 Å². The van der Waals surface area contributed by atoms with Crippen molar-refractivity contribution in [1.82, 2.24) is 15.6 Å². The first kappa shape index (κ1) is 17.3. The SMILES string of the molecule is CCCCCC(C)NC(=NC)NCc1cccnc1OC. The van der Waals surface area contributed by atoms with E-state index >= 15 is 0 Å². The highest BCUT2D eigenvalue weighted by Crippen LogP contribution is 2.12. The molecule has 5 nitrogen and oxygen atoms in total. The number of ether oxygens (including phenoxy) is 1. The molecule has 5 heteroatoms. The van der Waals surface area contributed by atoms with Crippen LogP contribution in [0.4, 0.5) is 0 Å². The van der Waals surface area contributed by atoms with Crippen LogP contribution in [-0.2, 0) is 6.54 Å². The number of nitrogens with one attached hydrogen (secondary N) is 2. The van der Waals surface area contributed by atoms with Gasteiger partial charge in [0, 0.05) is 31.4 Å². The Morgan fingerprint density at radius 3 is 2.90 bits per heavy atom. The lowest BCUT2D eigenvalue weighted by atomic mass is 10.1. The van der Waals surface area contributed by atoms with E-state index in [1.807, 2.05) is 12.1 Å². The van der Waals surface area contributed by atoms with E-state index in [0.717, 1.165) is 17.9 Å². The maximum atomic E-state index is 5.25. The molecule has 0 saturated carbocycles. The van der Waals surface area contributed by atoms with Crippen LogP contribution >= 0.6 is 0 Å². The molecule has 0 amide bonds. The second-order valence-electron chi connectivity index (χ2n) is 5.14. The van der Waals surface area contributed by atoms with Crippen LogP contribution in [0.25, 0.3) is 0 Å². The fourth-order valence-electron chi connectivity index (χ4n) is 2.12. The van der Waals surface area contributed by atoms with Crippen LogP contribution < -0.4 is 15.4 Å². The summed E-state index contributed by atoms with van der Waals surface area (Å²) in [5.74, 6) is 1.46. The molecular formula is C16H28N4O. The summed E-state index contributed by atoms with van der Waals surface area (Å²) in [6.07, 6.45) is 6.67. The number of unbranched alkanes of at least 4 members (excludes halogenated alkanes) is 2. The Morgan fingerprint density at radius 1 is 1.43 bits per heavy atom. The zero-order valence-electron chi connectivity index (χ0n) is 13.6. The smallest absolute Gasteiger partial charge is 0.218 e. The van der Waals surface area contributed by atoms with Gasteiger partial charge in [0.05, 0.1) is 7.11 Å². The van der Waals surface area contributed by atoms with Gasteiger partial charge in [-0.15, -0.1) is 0 Å². The topological polar surface area (TPSA) is 58.5 Å². The van der Waals surface area contributed by atoms with E-state index in [-0.39, 0.29) is 0 Å². The molecule has 1 aromatic rings. The number of rotatable bonds is 8. The van der Waals surface area contributed by atoms with Crippen molar-refractivity contribution in [1.29, 1.82) is 0 Å². The van der Waals surface area contributed by atoms with Gasteiger partial charge in [-0.25, -0.2) is 4.98 Å². The Balaban J connectivity index is 2.44. The summed E-state index contributed by atoms with van der Waals surface area (Å²) in [6.45, 7) is 5.05. The Bertz CT molecular complexity index is 434. The van der Waals surface area contributed by atoms with Gasteiger partial charge < -0.3 is 15.4 Å². The molecule has 0 aliphatic carbocycles. The number of pyridine rings is 1. The van der Waals surface area contributed by atoms with Gasteiger partial charge in [-0.3, -0.25) is 4.99 Å². The standard InChI is InChI=1S/C16H28N4O/c1-5-6-7-9-13(2)20-16(17-3)19-12-14-10-8-11-18-15(14)21-4/h8,10-11,13H,5-7,9,12H2,1-4H3,(H2,17,19,20). The van der Waals surface area contributed by atoms with E-state index in [1.165, 1.54) is 19.3 Å². The van der Waals surface area contributed by atoms with Crippen LogP contribution in [-0.4, -0.2) is 31.1 Å². The van der Waals surface area contributed by atoms with Crippen molar-refractivity contribution in [2.45, 2.75) is 52.1 Å². The molecule has 0 aliphatic rings. The molecule has 1 aromatic heterocycles. The Labute approximate surface area is 128 Å². The minimum Gasteiger partial charge on any atom is -0.481 e. The average Bonchev–Trinajstić information content (AvgIpc) is 2.51. The summed E-state index contributed by atoms with van der Waals surface area (Å²) < 4.78 is 5.25. The minimum atomic E-state index is 0.415. The first-order valence-electron chi connectivity index (χ1n) is 7.66. The van der Waals surface area contributed by atoms with E-state index in [9.17, 15) is 0 Å². The Morgan fingerprint density at radius 2 is 2.24 bits per heavy atom. The van der Waals surface area contributed by atoms with E-state index in [0.29, 0.717) is 18.5 Å². The highest BCUT2D eigenvalue weighted by atomic mass is 16.5. The predicted octanol–water partition coefficient (Wildman–Crippen LogP) is 2.72. The number of aliphatic imine (C=N–C) groups is 1. The molecule has 1 rings (SSSR count). The van der Waals surface area contributed by atoms with E-state index in [1.54, 1.807) is 20.4 Å². The molecule has 1 atom stereocenters. The van der Waals surface area contributed by atoms with Gasteiger partial charge in [-0.2, -0.15) is 0 Å². The second-order valence-corrected chi connectivity index (χ2v) is 5.14. The molecule has 0 aliphatic heterocycles. The molecule has 0 bridgehead atoms. The predicted molar refractivity (Wildman–Crippen MR) is 87.7 cm³/mol. The lowest BCUT2D eigenvalue weighted by molar-refractivity contribution is 0.392. The minimum absolute atomic E-state index is 0.415. The number of aromatic nitrogens is 1. The largest absolute Gasteiger partial charge is 0.481 e. The number of hydrogen-bond acceptors (Lipinski definition) is 3. The molecule has 0 saturated heterocycles. The fraction of sp³-hybridized carbons (Fsp3) is 0.625. The maximum absolute atomic E-state index is 5.25. The van der Waals surface area contributed by atoms with Crippen LogP contribution in [0.1, 0.15) is 45.1 Å². The van der Waals surface area contributed by atoms with Gasteiger partial charge in [0.1, 0.15) is 0 Å². The number of methoxy groups -OCH3 is 1. The second kappa shape index (κ2) is 10.0. The van der Waals surface area contributed by atoms with Gasteiger partial charge in [0.15, 0.2) is 5.96 Å². The summed E-state index contributed by atoms with van der Waals surface area (Å²) >= 11 is 0. The molecule has 118 valence electrons. The third-order valence-corrected chi connectivity index (χ3v) is 3.34. The monoisotopic (exact) mass is 292 g/mol. The van der Waals surface area contributed by atoms with Crippen LogP contribution in [0.15, 0.2) is 23.3 Å². The maximum Gasteiger partial charge on any atom is 0.218 e. The van der Waals surface area contributed by atoms with Crippen molar-refractivity contribution >= 4 is 5.96 Å². The van der Waals surface area contributed by atoms with Gasteiger partial charge in [0.25, 0.3) is 0 Å². The third-order valence-electron chi connectivity index (χ3n) is 3.34. The summed E-state index contributed by atoms with van der Waals surface area (Å²) in [4.78, 5) is 8.45. The molecular weight excluding hydrogens is 264 g/mol. The number of nitrogens with zero attached hydrogens (tertiary/aromatic N) is 2. The van der Waals surface area contributed by atoms with Crippen LogP contribution in [0, 0.1) is 0 Å². The fourth-order valence-corrected chi connectivity index (χ4v) is 2.12. The molecule has 0 radical (unpaired) electrons. The molecule has 21 heavy (non-hydrogen) atoms. The first-order chi connectivity index (χ1) is 10.2. The van der Waals surface area contributed by atoms with Crippen molar-refractivity contribution in [2.24, 2.45) is 4.99 Å². The molecule has 0 fully saturated rings. The lowest BCUT2D eigenvalue weighted by Gasteiger charge is -2.18. The number of guanidine groups is 1. The quantitative estimate of drug-likeness (QED) is 0.439. The first-order valence-corrected chi connectivity index (χ1v) is 7.66. The van der Waals surface area contributed by atoms with Crippen molar-refractivity contribution in [3.63, 3.8) is 0 Å². The normalized spacial score (nSPS) is 12.9. The van der Waals surface area contributed by atoms with Crippen molar-refractivity contribution in [3.8, 4) is 5.88 Å². The van der Waals surface area contributed by atoms with Gasteiger partial charge in [0.2, 0.25) is 5.88 Å². The highest BCUT2D eigenvalue weighted by Gasteiger charge is 2.07. The zero-order valence-corrected chi connectivity index (χ0v) is 13.6. The molecule has 1 heterocycles. The van der Waals surface area contributed by atoms with Gasteiger partial charge in [-0.05, 0) is 19.4 Å². The summed E-state index contributed by atoms with van der Waals surface area (Å²) in [5, 5.41) is 6.71.